The molecule has 0 aliphatic carbocycles. The molecule has 1 saturated heterocycles. The summed E-state index contributed by atoms with van der Waals surface area (Å²) < 4.78 is 4.81. The monoisotopic (exact) mass is 208 g/mol. The first kappa shape index (κ1) is 11.8. The van der Waals surface area contributed by atoms with Crippen LogP contribution in [-0.2, 0) is 14.3 Å². The van der Waals surface area contributed by atoms with Crippen molar-refractivity contribution in [2.75, 3.05) is 0 Å². The van der Waals surface area contributed by atoms with Crippen LogP contribution in [0.2, 0.25) is 0 Å². The molecule has 0 unspecified atom stereocenters. The zero-order chi connectivity index (χ0) is 11.1. The van der Waals surface area contributed by atoms with Crippen molar-refractivity contribution in [1.82, 2.24) is 0 Å². The van der Waals surface area contributed by atoms with Crippen molar-refractivity contribution in [1.29, 1.82) is 0 Å². The van der Waals surface area contributed by atoms with Gasteiger partial charge in [-0.1, -0.05) is 25.7 Å². The minimum atomic E-state index is -0.601. The number of hydrogen-bond acceptors (Lipinski definition) is 3. The van der Waals surface area contributed by atoms with Crippen LogP contribution in [0, 0.1) is 11.8 Å². The summed E-state index contributed by atoms with van der Waals surface area (Å²) in [6.07, 6.45) is 4.30. The maximum absolute atomic E-state index is 11.4. The van der Waals surface area contributed by atoms with Crippen molar-refractivity contribution in [3.63, 3.8) is 0 Å². The van der Waals surface area contributed by atoms with Crippen molar-refractivity contribution >= 4 is 11.8 Å². The van der Waals surface area contributed by atoms with E-state index in [-0.39, 0.29) is 11.8 Å². The highest BCUT2D eigenvalue weighted by atomic mass is 16.6. The zero-order valence-corrected chi connectivity index (χ0v) is 9.04. The Balaban J connectivity index is 2.25. The number of carbonyl (C=O) groups excluding carboxylic acids is 2. The van der Waals surface area contributed by atoms with Crippen LogP contribution in [0.4, 0.5) is 0 Å². The number of ether oxygens (including phenoxy) is 1. The summed E-state index contributed by atoms with van der Waals surface area (Å²) >= 11 is 0. The lowest BCUT2D eigenvalue weighted by molar-refractivity contribution is -0.145. The van der Waals surface area contributed by atoms with E-state index in [0.29, 0.717) is 12.8 Å². The fraction of sp³-hybridized carbons (Fsp3) is 0.667. The molecule has 1 aliphatic rings. The van der Waals surface area contributed by atoms with E-state index in [9.17, 15) is 9.59 Å². The van der Waals surface area contributed by atoms with Gasteiger partial charge in [-0.15, -0.1) is 0 Å². The summed E-state index contributed by atoms with van der Waals surface area (Å²) in [5, 5.41) is 0. The van der Waals surface area contributed by atoms with Gasteiger partial charge in [-0.25, -0.2) is 0 Å². The summed E-state index contributed by atoms with van der Waals surface area (Å²) in [7, 11) is 0. The minimum Gasteiger partial charge on any atom is -0.453 e. The maximum Gasteiger partial charge on any atom is 0.306 e. The Bertz CT molecular complexity index is 296. The Hall–Kier alpha value is -1.30. The Morgan fingerprint density at radius 3 is 2.93 bits per heavy atom. The van der Waals surface area contributed by atoms with Gasteiger partial charge in [-0.05, 0) is 12.3 Å². The summed E-state index contributed by atoms with van der Waals surface area (Å²) in [5.41, 5.74) is 0. The average molecular weight is 208 g/mol. The van der Waals surface area contributed by atoms with Gasteiger partial charge in [0.15, 0.2) is 6.10 Å². The molecular weight excluding hydrogens is 192 g/mol. The topological polar surface area (TPSA) is 43.4 Å². The molecule has 0 spiro atoms. The average Bonchev–Trinajstić information content (AvgIpc) is 2.64. The van der Waals surface area contributed by atoms with Crippen LogP contribution in [0.1, 0.15) is 45.4 Å². The molecule has 1 rings (SSSR count). The second-order valence-electron chi connectivity index (χ2n) is 3.64. The first-order valence-corrected chi connectivity index (χ1v) is 5.46. The molecule has 0 radical (unpaired) electrons. The largest absolute Gasteiger partial charge is 0.453 e. The van der Waals surface area contributed by atoms with Gasteiger partial charge in [0.2, 0.25) is 5.78 Å². The zero-order valence-electron chi connectivity index (χ0n) is 9.04. The van der Waals surface area contributed by atoms with E-state index >= 15 is 0 Å². The van der Waals surface area contributed by atoms with E-state index in [1.165, 1.54) is 0 Å². The van der Waals surface area contributed by atoms with Gasteiger partial charge in [0.1, 0.15) is 0 Å². The van der Waals surface area contributed by atoms with Crippen molar-refractivity contribution in [3.05, 3.63) is 0 Å². The number of hydrogen-bond donors (Lipinski definition) is 0. The molecular formula is C12H16O3. The number of Topliss-reactive ketones (excluding diaryl/α,β-unsaturated/α-hetero) is 1. The summed E-state index contributed by atoms with van der Waals surface area (Å²) in [6, 6.07) is 0. The highest BCUT2D eigenvalue weighted by Crippen LogP contribution is 2.13. The molecule has 3 nitrogen and oxygen atoms in total. The van der Waals surface area contributed by atoms with Crippen LogP contribution >= 0.6 is 0 Å². The van der Waals surface area contributed by atoms with E-state index < -0.39 is 6.10 Å². The normalized spacial score (nSPS) is 19.3. The number of esters is 1. The van der Waals surface area contributed by atoms with Crippen LogP contribution in [-0.4, -0.2) is 17.9 Å². The van der Waals surface area contributed by atoms with Crippen LogP contribution in [0.15, 0.2) is 0 Å². The fourth-order valence-electron chi connectivity index (χ4n) is 1.40. The lowest BCUT2D eigenvalue weighted by atomic mass is 10.1. The first-order valence-electron chi connectivity index (χ1n) is 5.46. The number of unbranched alkanes of at least 4 members (excludes halogenated alkanes) is 3. The standard InChI is InChI=1S/C12H16O3/c1-2-3-4-5-6-7-10(13)11-8-9-12(14)15-11/h11H,2-5,8-9H2,1H3/t11-/m0/s1. The van der Waals surface area contributed by atoms with Gasteiger partial charge in [0.05, 0.1) is 0 Å². The van der Waals surface area contributed by atoms with Gasteiger partial charge >= 0.3 is 5.97 Å². The molecule has 1 fully saturated rings. The van der Waals surface area contributed by atoms with Crippen molar-refractivity contribution < 1.29 is 14.3 Å². The molecule has 82 valence electrons. The molecule has 1 heterocycles. The highest BCUT2D eigenvalue weighted by Gasteiger charge is 2.28. The van der Waals surface area contributed by atoms with Crippen molar-refractivity contribution in [2.45, 2.75) is 51.6 Å². The van der Waals surface area contributed by atoms with E-state index in [0.717, 1.165) is 25.7 Å². The molecule has 0 amide bonds. The molecule has 0 bridgehead atoms. The molecule has 1 aliphatic heterocycles. The van der Waals surface area contributed by atoms with Crippen molar-refractivity contribution in [2.24, 2.45) is 0 Å². The number of rotatable bonds is 4. The van der Waals surface area contributed by atoms with Gasteiger partial charge < -0.3 is 4.74 Å². The predicted octanol–water partition coefficient (Wildman–Crippen LogP) is 1.84. The lowest BCUT2D eigenvalue weighted by Gasteiger charge is -2.00. The Labute approximate surface area is 90.2 Å². The van der Waals surface area contributed by atoms with Crippen LogP contribution in [0.5, 0.6) is 0 Å². The molecule has 1 atom stereocenters. The molecule has 0 aromatic heterocycles. The maximum atomic E-state index is 11.4. The minimum absolute atomic E-state index is 0.252. The summed E-state index contributed by atoms with van der Waals surface area (Å²) in [6.45, 7) is 2.12. The van der Waals surface area contributed by atoms with Crippen LogP contribution < -0.4 is 0 Å². The second-order valence-corrected chi connectivity index (χ2v) is 3.64. The molecule has 0 aromatic carbocycles. The van der Waals surface area contributed by atoms with E-state index in [2.05, 4.69) is 18.8 Å². The smallest absolute Gasteiger partial charge is 0.306 e. The Morgan fingerprint density at radius 2 is 2.33 bits per heavy atom. The summed E-state index contributed by atoms with van der Waals surface area (Å²) in [4.78, 5) is 22.1. The van der Waals surface area contributed by atoms with Gasteiger partial charge in [0.25, 0.3) is 0 Å². The predicted molar refractivity (Wildman–Crippen MR) is 56.0 cm³/mol. The number of cyclic esters (lactones) is 1. The molecule has 0 aromatic rings. The van der Waals surface area contributed by atoms with Gasteiger partial charge in [-0.2, -0.15) is 0 Å². The third kappa shape index (κ3) is 4.16. The van der Waals surface area contributed by atoms with Crippen LogP contribution in [0.3, 0.4) is 0 Å². The third-order valence-electron chi connectivity index (χ3n) is 2.29. The van der Waals surface area contributed by atoms with E-state index in [1.54, 1.807) is 0 Å². The summed E-state index contributed by atoms with van der Waals surface area (Å²) in [5.74, 6) is 4.82. The van der Waals surface area contributed by atoms with Gasteiger partial charge in [0, 0.05) is 19.3 Å². The second kappa shape index (κ2) is 6.23. The van der Waals surface area contributed by atoms with E-state index in [1.807, 2.05) is 0 Å². The molecule has 3 heteroatoms. The number of carbonyl (C=O) groups is 2. The lowest BCUT2D eigenvalue weighted by Crippen LogP contribution is -2.18. The molecule has 0 saturated carbocycles. The Morgan fingerprint density at radius 1 is 1.53 bits per heavy atom. The number of ketones is 1. The van der Waals surface area contributed by atoms with Crippen LogP contribution in [0.25, 0.3) is 0 Å². The fourth-order valence-corrected chi connectivity index (χ4v) is 1.40. The molecule has 15 heavy (non-hydrogen) atoms. The van der Waals surface area contributed by atoms with Gasteiger partial charge in [-0.3, -0.25) is 9.59 Å². The third-order valence-corrected chi connectivity index (χ3v) is 2.29. The van der Waals surface area contributed by atoms with E-state index in [4.69, 9.17) is 4.74 Å². The Kier molecular flexibility index (Phi) is 4.89. The van der Waals surface area contributed by atoms with Crippen molar-refractivity contribution in [3.8, 4) is 11.8 Å². The quantitative estimate of drug-likeness (QED) is 0.306. The first-order chi connectivity index (χ1) is 7.24. The molecule has 0 N–H and O–H groups in total. The highest BCUT2D eigenvalue weighted by molar-refractivity contribution is 6.01. The SMILES string of the molecule is CCCCCC#CC(=O)[C@@H]1CCC(=O)O1.